The largest absolute Gasteiger partial charge is 0.507 e. The van der Waals surface area contributed by atoms with E-state index in [1.165, 1.54) is 18.2 Å². The van der Waals surface area contributed by atoms with E-state index in [1.807, 2.05) is 0 Å². The van der Waals surface area contributed by atoms with Gasteiger partial charge >= 0.3 is 0 Å². The molecule has 0 spiro atoms. The van der Waals surface area contributed by atoms with Crippen LogP contribution >= 0.6 is 0 Å². The molecular weight excluding hydrogens is 268 g/mol. The minimum atomic E-state index is -0.788. The molecule has 0 heterocycles. The highest BCUT2D eigenvalue weighted by atomic mass is 19.1. The lowest BCUT2D eigenvalue weighted by molar-refractivity contribution is 0.0945. The summed E-state index contributed by atoms with van der Waals surface area (Å²) in [5.74, 6) is -2.87. The van der Waals surface area contributed by atoms with Crippen LogP contribution in [0.1, 0.15) is 15.9 Å². The van der Waals surface area contributed by atoms with Crippen molar-refractivity contribution in [3.63, 3.8) is 0 Å². The molecule has 4 nitrogen and oxygen atoms in total. The summed E-state index contributed by atoms with van der Waals surface area (Å²) in [5, 5.41) is 21.3. The molecule has 0 aliphatic carbocycles. The number of phenolic OH excluding ortho intramolecular Hbond substituents is 2. The first-order valence-corrected chi connectivity index (χ1v) is 5.72. The lowest BCUT2D eigenvalue weighted by atomic mass is 10.1. The molecule has 2 rings (SSSR count). The van der Waals surface area contributed by atoms with Crippen LogP contribution < -0.4 is 5.32 Å². The van der Waals surface area contributed by atoms with Gasteiger partial charge in [-0.2, -0.15) is 0 Å². The molecule has 0 aromatic heterocycles. The van der Waals surface area contributed by atoms with Crippen LogP contribution in [0.3, 0.4) is 0 Å². The third kappa shape index (κ3) is 2.85. The molecule has 0 bridgehead atoms. The predicted octanol–water partition coefficient (Wildman–Crippen LogP) is 2.31. The Morgan fingerprint density at radius 1 is 1.10 bits per heavy atom. The topological polar surface area (TPSA) is 69.6 Å². The monoisotopic (exact) mass is 279 g/mol. The zero-order chi connectivity index (χ0) is 14.7. The summed E-state index contributed by atoms with van der Waals surface area (Å²) in [6.07, 6.45) is 0. The normalized spacial score (nSPS) is 10.3. The summed E-state index contributed by atoms with van der Waals surface area (Å²) >= 11 is 0. The van der Waals surface area contributed by atoms with Gasteiger partial charge in [-0.05, 0) is 30.3 Å². The number of halogens is 2. The summed E-state index contributed by atoms with van der Waals surface area (Å²) in [6.45, 7) is -0.268. The molecule has 0 fully saturated rings. The molecule has 0 unspecified atom stereocenters. The molecular formula is C14H11F2NO3. The van der Waals surface area contributed by atoms with Gasteiger partial charge in [0.25, 0.3) is 5.91 Å². The Hall–Kier alpha value is -2.63. The SMILES string of the molecule is O=C(NCc1cc(F)ccc1F)c1c(O)cccc1O. The molecule has 1 amide bonds. The number of phenols is 2. The van der Waals surface area contributed by atoms with Crippen LogP contribution in [0.25, 0.3) is 0 Å². The minimum absolute atomic E-state index is 0.0340. The number of hydrogen-bond donors (Lipinski definition) is 3. The van der Waals surface area contributed by atoms with Crippen molar-refractivity contribution in [3.8, 4) is 11.5 Å². The molecule has 0 aliphatic rings. The van der Waals surface area contributed by atoms with Crippen LogP contribution in [-0.4, -0.2) is 16.1 Å². The molecule has 3 N–H and O–H groups in total. The van der Waals surface area contributed by atoms with Crippen molar-refractivity contribution in [2.24, 2.45) is 0 Å². The number of hydrogen-bond acceptors (Lipinski definition) is 3. The van der Waals surface area contributed by atoms with Crippen LogP contribution in [0.5, 0.6) is 11.5 Å². The Morgan fingerprint density at radius 3 is 2.40 bits per heavy atom. The first-order chi connectivity index (χ1) is 9.49. The van der Waals surface area contributed by atoms with Gasteiger partial charge < -0.3 is 15.5 Å². The number of rotatable bonds is 3. The van der Waals surface area contributed by atoms with Crippen molar-refractivity contribution < 1.29 is 23.8 Å². The van der Waals surface area contributed by atoms with E-state index in [1.54, 1.807) is 0 Å². The number of carbonyl (C=O) groups excluding carboxylic acids is 1. The third-order valence-corrected chi connectivity index (χ3v) is 2.69. The lowest BCUT2D eigenvalue weighted by Crippen LogP contribution is -2.23. The molecule has 0 atom stereocenters. The van der Waals surface area contributed by atoms with Gasteiger partial charge in [0, 0.05) is 12.1 Å². The lowest BCUT2D eigenvalue weighted by Gasteiger charge is -2.09. The van der Waals surface area contributed by atoms with E-state index in [9.17, 15) is 23.8 Å². The minimum Gasteiger partial charge on any atom is -0.507 e. The van der Waals surface area contributed by atoms with E-state index in [-0.39, 0.29) is 17.7 Å². The van der Waals surface area contributed by atoms with Crippen LogP contribution in [0.15, 0.2) is 36.4 Å². The maximum atomic E-state index is 13.4. The Balaban J connectivity index is 2.15. The highest BCUT2D eigenvalue weighted by Crippen LogP contribution is 2.26. The van der Waals surface area contributed by atoms with Crippen LogP contribution in [-0.2, 0) is 6.54 Å². The average Bonchev–Trinajstić information content (AvgIpc) is 2.39. The van der Waals surface area contributed by atoms with E-state index in [0.29, 0.717) is 0 Å². The molecule has 6 heteroatoms. The summed E-state index contributed by atoms with van der Waals surface area (Å²) < 4.78 is 26.3. The second-order valence-electron chi connectivity index (χ2n) is 4.09. The summed E-state index contributed by atoms with van der Waals surface area (Å²) in [5.41, 5.74) is -0.349. The standard InChI is InChI=1S/C14H11F2NO3/c15-9-4-5-10(16)8(6-9)7-17-14(20)13-11(18)2-1-3-12(13)19/h1-6,18-19H,7H2,(H,17,20). The number of amides is 1. The van der Waals surface area contributed by atoms with Gasteiger partial charge in [-0.1, -0.05) is 6.07 Å². The van der Waals surface area contributed by atoms with Crippen molar-refractivity contribution in [3.05, 3.63) is 59.2 Å². The quantitative estimate of drug-likeness (QED) is 0.807. The second-order valence-corrected chi connectivity index (χ2v) is 4.09. The fourth-order valence-corrected chi connectivity index (χ4v) is 1.70. The van der Waals surface area contributed by atoms with E-state index in [0.717, 1.165) is 18.2 Å². The van der Waals surface area contributed by atoms with E-state index < -0.39 is 29.0 Å². The Kier molecular flexibility index (Phi) is 3.84. The van der Waals surface area contributed by atoms with Gasteiger partial charge in [-0.3, -0.25) is 4.79 Å². The fraction of sp³-hybridized carbons (Fsp3) is 0.0714. The number of nitrogens with one attached hydrogen (secondary N) is 1. The van der Waals surface area contributed by atoms with Crippen LogP contribution in [0.4, 0.5) is 8.78 Å². The van der Waals surface area contributed by atoms with Crippen molar-refractivity contribution in [2.75, 3.05) is 0 Å². The Morgan fingerprint density at radius 2 is 1.75 bits per heavy atom. The summed E-state index contributed by atoms with van der Waals surface area (Å²) in [7, 11) is 0. The fourth-order valence-electron chi connectivity index (χ4n) is 1.70. The molecule has 2 aromatic carbocycles. The van der Waals surface area contributed by atoms with Gasteiger partial charge in [-0.25, -0.2) is 8.78 Å². The van der Waals surface area contributed by atoms with E-state index in [4.69, 9.17) is 0 Å². The summed E-state index contributed by atoms with van der Waals surface area (Å²) in [4.78, 5) is 11.8. The number of carbonyl (C=O) groups is 1. The number of benzene rings is 2. The van der Waals surface area contributed by atoms with Gasteiger partial charge in [0.1, 0.15) is 28.7 Å². The van der Waals surface area contributed by atoms with Crippen LogP contribution in [0.2, 0.25) is 0 Å². The molecule has 20 heavy (non-hydrogen) atoms. The maximum absolute atomic E-state index is 13.4. The van der Waals surface area contributed by atoms with Gasteiger partial charge in [-0.15, -0.1) is 0 Å². The van der Waals surface area contributed by atoms with Crippen molar-refractivity contribution in [1.82, 2.24) is 5.32 Å². The highest BCUT2D eigenvalue weighted by molar-refractivity contribution is 5.99. The molecule has 0 saturated heterocycles. The van der Waals surface area contributed by atoms with Crippen molar-refractivity contribution >= 4 is 5.91 Å². The van der Waals surface area contributed by atoms with Crippen molar-refractivity contribution in [1.29, 1.82) is 0 Å². The van der Waals surface area contributed by atoms with Gasteiger partial charge in [0.2, 0.25) is 0 Å². The zero-order valence-electron chi connectivity index (χ0n) is 10.2. The Bertz CT molecular complexity index is 639. The van der Waals surface area contributed by atoms with E-state index >= 15 is 0 Å². The molecule has 2 aromatic rings. The number of aromatic hydroxyl groups is 2. The first kappa shape index (κ1) is 13.8. The van der Waals surface area contributed by atoms with Crippen molar-refractivity contribution in [2.45, 2.75) is 6.54 Å². The summed E-state index contributed by atoms with van der Waals surface area (Å²) in [6, 6.07) is 6.71. The van der Waals surface area contributed by atoms with Gasteiger partial charge in [0.05, 0.1) is 0 Å². The molecule has 104 valence electrons. The molecule has 0 aliphatic heterocycles. The maximum Gasteiger partial charge on any atom is 0.259 e. The molecule has 0 radical (unpaired) electrons. The van der Waals surface area contributed by atoms with Gasteiger partial charge in [0.15, 0.2) is 0 Å². The predicted molar refractivity (Wildman–Crippen MR) is 67.3 cm³/mol. The Labute approximate surface area is 113 Å². The second kappa shape index (κ2) is 5.56. The average molecular weight is 279 g/mol. The first-order valence-electron chi connectivity index (χ1n) is 5.72. The zero-order valence-corrected chi connectivity index (χ0v) is 10.2. The third-order valence-electron chi connectivity index (χ3n) is 2.69. The smallest absolute Gasteiger partial charge is 0.259 e. The highest BCUT2D eigenvalue weighted by Gasteiger charge is 2.16. The molecule has 0 saturated carbocycles. The van der Waals surface area contributed by atoms with Crippen LogP contribution in [0, 0.1) is 11.6 Å². The van der Waals surface area contributed by atoms with E-state index in [2.05, 4.69) is 5.32 Å².